The molecule has 0 heterocycles. The van der Waals surface area contributed by atoms with Gasteiger partial charge in [0, 0.05) is 6.04 Å². The Labute approximate surface area is 74.3 Å². The minimum atomic E-state index is -0.145. The Balaban J connectivity index is 2.37. The fourth-order valence-electron chi connectivity index (χ4n) is 1.62. The second-order valence-corrected chi connectivity index (χ2v) is 3.56. The van der Waals surface area contributed by atoms with Crippen LogP contribution in [0, 0.1) is 11.3 Å². The third-order valence-electron chi connectivity index (χ3n) is 2.38. The lowest BCUT2D eigenvalue weighted by atomic mass is 10.1. The van der Waals surface area contributed by atoms with Crippen LogP contribution >= 0.6 is 0 Å². The summed E-state index contributed by atoms with van der Waals surface area (Å²) in [5.74, 6) is 0. The van der Waals surface area contributed by atoms with Crippen molar-refractivity contribution in [3.05, 3.63) is 12.2 Å². The molecule has 1 unspecified atom stereocenters. The molecule has 1 N–H and O–H groups in total. The molecule has 1 rings (SSSR count). The molecule has 0 aromatic heterocycles. The Bertz CT molecular complexity index is 196. The molecule has 0 aromatic carbocycles. The van der Waals surface area contributed by atoms with Gasteiger partial charge in [0.25, 0.3) is 0 Å². The number of nitrogens with one attached hydrogen (secondary N) is 1. The van der Waals surface area contributed by atoms with Crippen LogP contribution in [-0.4, -0.2) is 12.1 Å². The van der Waals surface area contributed by atoms with Crippen LogP contribution < -0.4 is 5.32 Å². The maximum Gasteiger partial charge on any atom is 0.117 e. The summed E-state index contributed by atoms with van der Waals surface area (Å²) in [5, 5.41) is 12.1. The zero-order valence-corrected chi connectivity index (χ0v) is 7.64. The molecule has 0 aromatic rings. The van der Waals surface area contributed by atoms with E-state index >= 15 is 0 Å². The molecular weight excluding hydrogens is 148 g/mol. The van der Waals surface area contributed by atoms with Crippen LogP contribution in [0.1, 0.15) is 32.6 Å². The van der Waals surface area contributed by atoms with Crippen LogP contribution in [0.2, 0.25) is 0 Å². The minimum absolute atomic E-state index is 0.145. The highest BCUT2D eigenvalue weighted by molar-refractivity contribution is 5.13. The van der Waals surface area contributed by atoms with Crippen molar-refractivity contribution in [1.29, 1.82) is 5.26 Å². The zero-order valence-electron chi connectivity index (χ0n) is 7.64. The third-order valence-corrected chi connectivity index (χ3v) is 2.38. The van der Waals surface area contributed by atoms with Gasteiger partial charge in [-0.15, -0.1) is 0 Å². The monoisotopic (exact) mass is 164 g/mol. The third kappa shape index (κ3) is 2.35. The van der Waals surface area contributed by atoms with Crippen LogP contribution in [0.5, 0.6) is 0 Å². The van der Waals surface area contributed by atoms with E-state index in [4.69, 9.17) is 5.26 Å². The first kappa shape index (κ1) is 9.28. The van der Waals surface area contributed by atoms with E-state index in [9.17, 15) is 0 Å². The first-order valence-corrected chi connectivity index (χ1v) is 4.55. The molecule has 2 nitrogen and oxygen atoms in total. The van der Waals surface area contributed by atoms with Gasteiger partial charge in [0.2, 0.25) is 0 Å². The summed E-state index contributed by atoms with van der Waals surface area (Å²) in [6.45, 7) is 5.68. The molecular formula is C10H16N2. The molecule has 0 aliphatic heterocycles. The van der Waals surface area contributed by atoms with Crippen LogP contribution in [0.4, 0.5) is 0 Å². The van der Waals surface area contributed by atoms with E-state index in [-0.39, 0.29) is 6.04 Å². The van der Waals surface area contributed by atoms with Gasteiger partial charge in [-0.1, -0.05) is 19.4 Å². The maximum atomic E-state index is 8.78. The summed E-state index contributed by atoms with van der Waals surface area (Å²) in [5.41, 5.74) is 0.921. The summed E-state index contributed by atoms with van der Waals surface area (Å²) in [4.78, 5) is 0. The first-order chi connectivity index (χ1) is 5.74. The summed E-state index contributed by atoms with van der Waals surface area (Å²) in [6.07, 6.45) is 5.02. The van der Waals surface area contributed by atoms with E-state index < -0.39 is 0 Å². The molecule has 0 radical (unpaired) electrons. The number of hydrogen-bond acceptors (Lipinski definition) is 2. The summed E-state index contributed by atoms with van der Waals surface area (Å²) >= 11 is 0. The molecule has 12 heavy (non-hydrogen) atoms. The van der Waals surface area contributed by atoms with Gasteiger partial charge in [-0.05, 0) is 25.3 Å². The normalized spacial score (nSPS) is 20.3. The van der Waals surface area contributed by atoms with Crippen LogP contribution in [0.25, 0.3) is 0 Å². The summed E-state index contributed by atoms with van der Waals surface area (Å²) in [7, 11) is 0. The smallest absolute Gasteiger partial charge is 0.117 e. The van der Waals surface area contributed by atoms with Gasteiger partial charge in [-0.3, -0.25) is 5.32 Å². The zero-order chi connectivity index (χ0) is 8.97. The fraction of sp³-hybridized carbons (Fsp3) is 0.700. The Hall–Kier alpha value is -0.810. The van der Waals surface area contributed by atoms with Crippen LogP contribution in [0.15, 0.2) is 12.2 Å². The quantitative estimate of drug-likeness (QED) is 0.647. The minimum Gasteiger partial charge on any atom is -0.296 e. The lowest BCUT2D eigenvalue weighted by molar-refractivity contribution is 0.511. The number of nitriles is 1. The lowest BCUT2D eigenvalue weighted by Crippen LogP contribution is -2.36. The molecule has 66 valence electrons. The molecule has 0 bridgehead atoms. The average molecular weight is 164 g/mol. The molecule has 2 heteroatoms. The Morgan fingerprint density at radius 3 is 2.58 bits per heavy atom. The highest BCUT2D eigenvalue weighted by atomic mass is 15.0. The van der Waals surface area contributed by atoms with Crippen LogP contribution in [-0.2, 0) is 0 Å². The highest BCUT2D eigenvalue weighted by Gasteiger charge is 2.18. The molecule has 0 spiro atoms. The number of nitrogens with zero attached hydrogens (tertiary/aromatic N) is 1. The predicted molar refractivity (Wildman–Crippen MR) is 49.6 cm³/mol. The van der Waals surface area contributed by atoms with Crippen molar-refractivity contribution < 1.29 is 0 Å². The predicted octanol–water partition coefficient (Wildman–Crippen LogP) is 1.99. The molecule has 1 aliphatic carbocycles. The van der Waals surface area contributed by atoms with Crippen molar-refractivity contribution in [2.24, 2.45) is 0 Å². The molecule has 0 saturated heterocycles. The van der Waals surface area contributed by atoms with E-state index in [0.717, 1.165) is 5.57 Å². The van der Waals surface area contributed by atoms with Gasteiger partial charge in [-0.2, -0.15) is 5.26 Å². The number of hydrogen-bond donors (Lipinski definition) is 1. The summed E-state index contributed by atoms with van der Waals surface area (Å²) in [6, 6.07) is 2.62. The summed E-state index contributed by atoms with van der Waals surface area (Å²) < 4.78 is 0. The second kappa shape index (κ2) is 4.27. The topological polar surface area (TPSA) is 35.8 Å². The Morgan fingerprint density at radius 1 is 1.58 bits per heavy atom. The van der Waals surface area contributed by atoms with Crippen molar-refractivity contribution in [2.75, 3.05) is 0 Å². The standard InChI is InChI=1S/C10H16N2/c1-8(2)10(7-11)12-9-5-3-4-6-9/h9-10,12H,1,3-6H2,2H3. The van der Waals surface area contributed by atoms with Crippen molar-refractivity contribution >= 4 is 0 Å². The van der Waals surface area contributed by atoms with Gasteiger partial charge in [0.05, 0.1) is 6.07 Å². The van der Waals surface area contributed by atoms with E-state index in [0.29, 0.717) is 6.04 Å². The fourth-order valence-corrected chi connectivity index (χ4v) is 1.62. The van der Waals surface area contributed by atoms with Gasteiger partial charge in [-0.25, -0.2) is 0 Å². The largest absolute Gasteiger partial charge is 0.296 e. The van der Waals surface area contributed by atoms with E-state index in [2.05, 4.69) is 18.0 Å². The van der Waals surface area contributed by atoms with Gasteiger partial charge >= 0.3 is 0 Å². The molecule has 1 atom stereocenters. The van der Waals surface area contributed by atoms with E-state index in [1.54, 1.807) is 0 Å². The van der Waals surface area contributed by atoms with Crippen molar-refractivity contribution in [3.63, 3.8) is 0 Å². The maximum absolute atomic E-state index is 8.78. The van der Waals surface area contributed by atoms with E-state index in [1.165, 1.54) is 25.7 Å². The number of rotatable bonds is 3. The molecule has 0 amide bonds. The first-order valence-electron chi connectivity index (χ1n) is 4.55. The highest BCUT2D eigenvalue weighted by Crippen LogP contribution is 2.18. The molecule has 1 saturated carbocycles. The van der Waals surface area contributed by atoms with Crippen LogP contribution in [0.3, 0.4) is 0 Å². The Kier molecular flexibility index (Phi) is 3.31. The van der Waals surface area contributed by atoms with Gasteiger partial charge in [0.15, 0.2) is 0 Å². The molecule has 1 aliphatic rings. The van der Waals surface area contributed by atoms with Gasteiger partial charge < -0.3 is 0 Å². The average Bonchev–Trinajstić information content (AvgIpc) is 2.51. The van der Waals surface area contributed by atoms with Crippen molar-refractivity contribution in [1.82, 2.24) is 5.32 Å². The SMILES string of the molecule is C=C(C)C(C#N)NC1CCCC1. The van der Waals surface area contributed by atoms with E-state index in [1.807, 2.05) is 6.92 Å². The van der Waals surface area contributed by atoms with Gasteiger partial charge in [0.1, 0.15) is 6.04 Å². The van der Waals surface area contributed by atoms with Crippen molar-refractivity contribution in [2.45, 2.75) is 44.7 Å². The lowest BCUT2D eigenvalue weighted by Gasteiger charge is -2.16. The Morgan fingerprint density at radius 2 is 2.17 bits per heavy atom. The van der Waals surface area contributed by atoms with Crippen molar-refractivity contribution in [3.8, 4) is 6.07 Å². The second-order valence-electron chi connectivity index (χ2n) is 3.56. The molecule has 1 fully saturated rings.